The van der Waals surface area contributed by atoms with Crippen molar-refractivity contribution in [1.29, 1.82) is 0 Å². The Bertz CT molecular complexity index is 755. The Hall–Kier alpha value is -2.08. The van der Waals surface area contributed by atoms with Crippen molar-refractivity contribution in [2.75, 3.05) is 56.0 Å². The molecule has 2 heterocycles. The van der Waals surface area contributed by atoms with Gasteiger partial charge in [0.05, 0.1) is 0 Å². The summed E-state index contributed by atoms with van der Waals surface area (Å²) in [4.78, 5) is 32.0. The molecule has 1 N–H and O–H groups in total. The van der Waals surface area contributed by atoms with Crippen molar-refractivity contribution in [2.24, 2.45) is 11.3 Å². The van der Waals surface area contributed by atoms with Crippen molar-refractivity contribution < 1.29 is 9.59 Å². The molecule has 0 aromatic heterocycles. The second-order valence-electron chi connectivity index (χ2n) is 9.73. The maximum Gasteiger partial charge on any atom is 0.227 e. The molecular weight excluding hydrogens is 376 g/mol. The summed E-state index contributed by atoms with van der Waals surface area (Å²) in [5.74, 6) is 0.213. The Morgan fingerprint density at radius 2 is 1.67 bits per heavy atom. The quantitative estimate of drug-likeness (QED) is 0.821. The Morgan fingerprint density at radius 1 is 1.03 bits per heavy atom. The van der Waals surface area contributed by atoms with Crippen LogP contribution in [0.2, 0.25) is 0 Å². The van der Waals surface area contributed by atoms with Gasteiger partial charge in [-0.3, -0.25) is 9.59 Å². The summed E-state index contributed by atoms with van der Waals surface area (Å²) in [5.41, 5.74) is 2.96. The molecule has 166 valence electrons. The lowest BCUT2D eigenvalue weighted by Crippen LogP contribution is -2.46. The molecule has 2 saturated heterocycles. The lowest BCUT2D eigenvalue weighted by molar-refractivity contribution is -0.142. The first kappa shape index (κ1) is 22.6. The average molecular weight is 415 g/mol. The first-order valence-electron chi connectivity index (χ1n) is 11.4. The molecule has 30 heavy (non-hydrogen) atoms. The van der Waals surface area contributed by atoms with Crippen molar-refractivity contribution in [3.8, 4) is 0 Å². The van der Waals surface area contributed by atoms with Crippen LogP contribution in [0.5, 0.6) is 0 Å². The number of likely N-dealkylation sites (tertiary alicyclic amines) is 1. The van der Waals surface area contributed by atoms with Crippen molar-refractivity contribution in [1.82, 2.24) is 9.80 Å². The van der Waals surface area contributed by atoms with Crippen LogP contribution < -0.4 is 10.2 Å². The number of hydrogen-bond donors (Lipinski definition) is 1. The van der Waals surface area contributed by atoms with E-state index in [0.717, 1.165) is 51.3 Å². The van der Waals surface area contributed by atoms with Crippen LogP contribution in [-0.2, 0) is 9.59 Å². The first-order valence-corrected chi connectivity index (χ1v) is 11.4. The smallest absolute Gasteiger partial charge is 0.227 e. The number of nitrogens with zero attached hydrogens (tertiary/aromatic N) is 3. The maximum absolute atomic E-state index is 12.8. The number of likely N-dealkylation sites (N-methyl/N-ethyl adjacent to an activating group) is 1. The van der Waals surface area contributed by atoms with Crippen LogP contribution in [0.15, 0.2) is 18.2 Å². The number of amides is 2. The van der Waals surface area contributed by atoms with E-state index in [-0.39, 0.29) is 23.1 Å². The lowest BCUT2D eigenvalue weighted by Gasteiger charge is -2.36. The van der Waals surface area contributed by atoms with Crippen molar-refractivity contribution in [3.63, 3.8) is 0 Å². The van der Waals surface area contributed by atoms with Crippen LogP contribution in [0.25, 0.3) is 0 Å². The number of carbonyl (C=O) groups is 2. The molecule has 0 saturated carbocycles. The summed E-state index contributed by atoms with van der Waals surface area (Å²) in [6, 6.07) is 6.24. The highest BCUT2D eigenvalue weighted by Crippen LogP contribution is 2.27. The molecule has 0 unspecified atom stereocenters. The molecule has 2 fully saturated rings. The van der Waals surface area contributed by atoms with Crippen LogP contribution in [0.3, 0.4) is 0 Å². The number of nitrogens with one attached hydrogen (secondary N) is 1. The molecule has 0 bridgehead atoms. The van der Waals surface area contributed by atoms with Gasteiger partial charge in [-0.1, -0.05) is 27.7 Å². The minimum Gasteiger partial charge on any atom is -0.369 e. The Morgan fingerprint density at radius 3 is 2.20 bits per heavy atom. The van der Waals surface area contributed by atoms with E-state index in [1.54, 1.807) is 0 Å². The number of aryl methyl sites for hydroxylation is 1. The molecule has 1 aromatic rings. The van der Waals surface area contributed by atoms with Gasteiger partial charge >= 0.3 is 0 Å². The number of rotatable bonds is 4. The van der Waals surface area contributed by atoms with Gasteiger partial charge in [0.15, 0.2) is 0 Å². The summed E-state index contributed by atoms with van der Waals surface area (Å²) >= 11 is 0. The molecule has 0 radical (unpaired) electrons. The third-order valence-electron chi connectivity index (χ3n) is 6.42. The van der Waals surface area contributed by atoms with E-state index in [0.29, 0.717) is 13.1 Å². The molecule has 2 aliphatic rings. The Labute approximate surface area is 181 Å². The Balaban J connectivity index is 1.54. The molecular formula is C24H38N4O2. The standard InChI is InChI=1S/C24H38N4O2/c1-6-26-13-15-27(16-14-26)21-8-7-20(17-18(21)2)25-22(29)19-9-11-28(12-10-19)23(30)24(3,4)5/h7-8,17,19H,6,9-16H2,1-5H3,(H,25,29). The van der Waals surface area contributed by atoms with Gasteiger partial charge in [-0.2, -0.15) is 0 Å². The molecule has 6 heteroatoms. The third kappa shape index (κ3) is 5.34. The zero-order valence-corrected chi connectivity index (χ0v) is 19.3. The van der Waals surface area contributed by atoms with E-state index in [9.17, 15) is 9.59 Å². The van der Waals surface area contributed by atoms with Gasteiger partial charge in [0.2, 0.25) is 11.8 Å². The van der Waals surface area contributed by atoms with Gasteiger partial charge < -0.3 is 20.0 Å². The van der Waals surface area contributed by atoms with Gasteiger partial charge in [-0.15, -0.1) is 0 Å². The van der Waals surface area contributed by atoms with Crippen molar-refractivity contribution in [2.45, 2.75) is 47.5 Å². The molecule has 0 aliphatic carbocycles. The maximum atomic E-state index is 12.8. The highest BCUT2D eigenvalue weighted by molar-refractivity contribution is 5.93. The van der Waals surface area contributed by atoms with E-state index in [1.165, 1.54) is 11.3 Å². The minimum absolute atomic E-state index is 0.0314. The van der Waals surface area contributed by atoms with E-state index < -0.39 is 0 Å². The van der Waals surface area contributed by atoms with Gasteiger partial charge in [-0.25, -0.2) is 0 Å². The molecule has 1 aromatic carbocycles. The fourth-order valence-electron chi connectivity index (χ4n) is 4.46. The number of piperazine rings is 1. The third-order valence-corrected chi connectivity index (χ3v) is 6.42. The summed E-state index contributed by atoms with van der Waals surface area (Å²) in [7, 11) is 0. The summed E-state index contributed by atoms with van der Waals surface area (Å²) in [6.07, 6.45) is 1.46. The van der Waals surface area contributed by atoms with Crippen LogP contribution in [-0.4, -0.2) is 67.4 Å². The second-order valence-corrected chi connectivity index (χ2v) is 9.73. The first-order chi connectivity index (χ1) is 14.2. The normalized spacial score (nSPS) is 19.1. The number of piperidine rings is 1. The number of carbonyl (C=O) groups excluding carboxylic acids is 2. The summed E-state index contributed by atoms with van der Waals surface area (Å²) < 4.78 is 0. The van der Waals surface area contributed by atoms with Crippen LogP contribution in [0.4, 0.5) is 11.4 Å². The highest BCUT2D eigenvalue weighted by Gasteiger charge is 2.32. The molecule has 0 spiro atoms. The lowest BCUT2D eigenvalue weighted by atomic mass is 9.90. The van der Waals surface area contributed by atoms with Crippen molar-refractivity contribution in [3.05, 3.63) is 23.8 Å². The summed E-state index contributed by atoms with van der Waals surface area (Å²) in [5, 5.41) is 3.10. The Kier molecular flexibility index (Phi) is 7.06. The molecule has 6 nitrogen and oxygen atoms in total. The van der Waals surface area contributed by atoms with Crippen LogP contribution >= 0.6 is 0 Å². The highest BCUT2D eigenvalue weighted by atomic mass is 16.2. The second kappa shape index (κ2) is 9.38. The zero-order valence-electron chi connectivity index (χ0n) is 19.3. The molecule has 2 aliphatic heterocycles. The fraction of sp³-hybridized carbons (Fsp3) is 0.667. The molecule has 3 rings (SSSR count). The van der Waals surface area contributed by atoms with Crippen LogP contribution in [0, 0.1) is 18.3 Å². The monoisotopic (exact) mass is 414 g/mol. The average Bonchev–Trinajstić information content (AvgIpc) is 2.73. The van der Waals surface area contributed by atoms with E-state index in [4.69, 9.17) is 0 Å². The summed E-state index contributed by atoms with van der Waals surface area (Å²) in [6.45, 7) is 16.9. The van der Waals surface area contributed by atoms with Crippen LogP contribution in [0.1, 0.15) is 46.1 Å². The van der Waals surface area contributed by atoms with E-state index in [1.807, 2.05) is 31.7 Å². The molecule has 2 amide bonds. The predicted octanol–water partition coefficient (Wildman–Crippen LogP) is 3.36. The van der Waals surface area contributed by atoms with E-state index >= 15 is 0 Å². The zero-order chi connectivity index (χ0) is 21.9. The minimum atomic E-state index is -0.364. The van der Waals surface area contributed by atoms with Gasteiger partial charge in [-0.05, 0) is 50.1 Å². The predicted molar refractivity (Wildman–Crippen MR) is 123 cm³/mol. The van der Waals surface area contributed by atoms with Gasteiger partial charge in [0.1, 0.15) is 0 Å². The number of benzene rings is 1. The SMILES string of the molecule is CCN1CCN(c2ccc(NC(=O)C3CCN(C(=O)C(C)(C)C)CC3)cc2C)CC1. The van der Waals surface area contributed by atoms with Gasteiger partial charge in [0, 0.05) is 62.0 Å². The molecule has 0 atom stereocenters. The number of anilines is 2. The topological polar surface area (TPSA) is 55.9 Å². The number of hydrogen-bond acceptors (Lipinski definition) is 4. The largest absolute Gasteiger partial charge is 0.369 e. The fourth-order valence-corrected chi connectivity index (χ4v) is 4.46. The van der Waals surface area contributed by atoms with E-state index in [2.05, 4.69) is 41.1 Å². The van der Waals surface area contributed by atoms with Gasteiger partial charge in [0.25, 0.3) is 0 Å². The van der Waals surface area contributed by atoms with Crippen molar-refractivity contribution >= 4 is 23.2 Å².